The molecule has 0 aliphatic carbocycles. The van der Waals surface area contributed by atoms with Gasteiger partial charge in [-0.05, 0) is 35.6 Å². The first kappa shape index (κ1) is 16.3. The molecule has 0 amide bonds. The third-order valence-electron chi connectivity index (χ3n) is 3.23. The third-order valence-corrected chi connectivity index (χ3v) is 4.01. The molecule has 0 saturated heterocycles. The van der Waals surface area contributed by atoms with Gasteiger partial charge in [-0.2, -0.15) is 0 Å². The van der Waals surface area contributed by atoms with Crippen molar-refractivity contribution in [2.45, 2.75) is 25.6 Å². The lowest BCUT2D eigenvalue weighted by Gasteiger charge is -2.13. The molecule has 0 nitrogen and oxygen atoms in total. The van der Waals surface area contributed by atoms with Crippen molar-refractivity contribution in [2.75, 3.05) is 0 Å². The van der Waals surface area contributed by atoms with Crippen LogP contribution in [0.5, 0.6) is 0 Å². The molecular formula is C17H16Cl2F2. The van der Waals surface area contributed by atoms with E-state index in [1.807, 2.05) is 24.3 Å². The van der Waals surface area contributed by atoms with Crippen molar-refractivity contribution in [3.8, 4) is 0 Å². The standard InChI is InChI=1S/C17H16Cl2F2/c1-10(2)7-11-3-5-12(6-4-11)17(19)13-8-16(21)14(18)9-15(13)20/h3-6,8-10,17H,7H2,1-2H3. The van der Waals surface area contributed by atoms with Crippen LogP contribution in [0.15, 0.2) is 36.4 Å². The monoisotopic (exact) mass is 328 g/mol. The van der Waals surface area contributed by atoms with Crippen LogP contribution in [0, 0.1) is 17.6 Å². The van der Waals surface area contributed by atoms with E-state index in [0.29, 0.717) is 5.92 Å². The van der Waals surface area contributed by atoms with Crippen LogP contribution in [-0.4, -0.2) is 0 Å². The molecule has 0 aliphatic rings. The van der Waals surface area contributed by atoms with E-state index in [2.05, 4.69) is 13.8 Å². The van der Waals surface area contributed by atoms with E-state index < -0.39 is 17.0 Å². The van der Waals surface area contributed by atoms with Crippen molar-refractivity contribution in [1.82, 2.24) is 0 Å². The molecule has 0 aromatic heterocycles. The Morgan fingerprint density at radius 2 is 1.62 bits per heavy atom. The summed E-state index contributed by atoms with van der Waals surface area (Å²) in [6.45, 7) is 4.29. The molecular weight excluding hydrogens is 313 g/mol. The first-order valence-corrected chi connectivity index (χ1v) is 7.57. The Morgan fingerprint density at radius 1 is 1.00 bits per heavy atom. The van der Waals surface area contributed by atoms with Gasteiger partial charge in [0.15, 0.2) is 0 Å². The third kappa shape index (κ3) is 3.96. The van der Waals surface area contributed by atoms with E-state index in [1.165, 1.54) is 5.56 Å². The molecule has 2 rings (SSSR count). The van der Waals surface area contributed by atoms with Gasteiger partial charge in [0.2, 0.25) is 0 Å². The van der Waals surface area contributed by atoms with Crippen molar-refractivity contribution < 1.29 is 8.78 Å². The van der Waals surface area contributed by atoms with Crippen LogP contribution in [0.1, 0.15) is 35.9 Å². The number of benzene rings is 2. The summed E-state index contributed by atoms with van der Waals surface area (Å²) in [5, 5.41) is -0.989. The van der Waals surface area contributed by atoms with Crippen molar-refractivity contribution in [2.24, 2.45) is 5.92 Å². The van der Waals surface area contributed by atoms with Gasteiger partial charge in [-0.15, -0.1) is 11.6 Å². The molecule has 2 aromatic rings. The second-order valence-corrected chi connectivity index (χ2v) is 6.33. The van der Waals surface area contributed by atoms with E-state index in [4.69, 9.17) is 23.2 Å². The number of alkyl halides is 1. The van der Waals surface area contributed by atoms with Gasteiger partial charge in [0, 0.05) is 5.56 Å². The van der Waals surface area contributed by atoms with Crippen molar-refractivity contribution in [3.63, 3.8) is 0 Å². The van der Waals surface area contributed by atoms with Crippen LogP contribution in [0.3, 0.4) is 0 Å². The molecule has 0 N–H and O–H groups in total. The molecule has 1 atom stereocenters. The smallest absolute Gasteiger partial charge is 0.142 e. The second kappa shape index (κ2) is 6.76. The molecule has 0 bridgehead atoms. The highest BCUT2D eigenvalue weighted by Crippen LogP contribution is 2.33. The lowest BCUT2D eigenvalue weighted by Crippen LogP contribution is -2.00. The van der Waals surface area contributed by atoms with Gasteiger partial charge in [0.25, 0.3) is 0 Å². The SMILES string of the molecule is CC(C)Cc1ccc(C(Cl)c2cc(F)c(Cl)cc2F)cc1. The Kier molecular flexibility index (Phi) is 5.23. The van der Waals surface area contributed by atoms with Crippen molar-refractivity contribution >= 4 is 23.2 Å². The Morgan fingerprint density at radius 3 is 2.19 bits per heavy atom. The predicted molar refractivity (Wildman–Crippen MR) is 84.0 cm³/mol. The minimum Gasteiger partial charge on any atom is -0.207 e. The summed E-state index contributed by atoms with van der Waals surface area (Å²) in [7, 11) is 0. The fraction of sp³-hybridized carbons (Fsp3) is 0.294. The predicted octanol–water partition coefficient (Wildman–Crippen LogP) is 6.14. The quantitative estimate of drug-likeness (QED) is 0.466. The summed E-state index contributed by atoms with van der Waals surface area (Å²) < 4.78 is 27.4. The summed E-state index contributed by atoms with van der Waals surface area (Å²) >= 11 is 11.8. The Bertz CT molecular complexity index is 621. The molecule has 112 valence electrons. The minimum atomic E-state index is -0.745. The van der Waals surface area contributed by atoms with Crippen molar-refractivity contribution in [1.29, 1.82) is 0 Å². The van der Waals surface area contributed by atoms with E-state index >= 15 is 0 Å². The second-order valence-electron chi connectivity index (χ2n) is 5.49. The molecule has 1 unspecified atom stereocenters. The Labute approximate surface area is 133 Å². The molecule has 0 radical (unpaired) electrons. The number of hydrogen-bond donors (Lipinski definition) is 0. The zero-order chi connectivity index (χ0) is 15.6. The maximum atomic E-state index is 13.9. The van der Waals surface area contributed by atoms with E-state index in [9.17, 15) is 8.78 Å². The zero-order valence-electron chi connectivity index (χ0n) is 11.8. The number of rotatable bonds is 4. The van der Waals surface area contributed by atoms with Crippen LogP contribution in [-0.2, 0) is 6.42 Å². The lowest BCUT2D eigenvalue weighted by atomic mass is 9.98. The molecule has 0 heterocycles. The van der Waals surface area contributed by atoms with Crippen LogP contribution in [0.4, 0.5) is 8.78 Å². The fourth-order valence-corrected chi connectivity index (χ4v) is 2.67. The van der Waals surface area contributed by atoms with Gasteiger partial charge in [0.1, 0.15) is 11.6 Å². The van der Waals surface area contributed by atoms with Gasteiger partial charge in [-0.3, -0.25) is 0 Å². The highest BCUT2D eigenvalue weighted by Gasteiger charge is 2.18. The Balaban J connectivity index is 2.27. The fourth-order valence-electron chi connectivity index (χ4n) is 2.21. The van der Waals surface area contributed by atoms with Gasteiger partial charge in [-0.1, -0.05) is 49.7 Å². The normalized spacial score (nSPS) is 12.7. The van der Waals surface area contributed by atoms with Crippen LogP contribution in [0.25, 0.3) is 0 Å². The minimum absolute atomic E-state index is 0.0928. The zero-order valence-corrected chi connectivity index (χ0v) is 13.3. The average Bonchev–Trinajstić information content (AvgIpc) is 2.42. The summed E-state index contributed by atoms with van der Waals surface area (Å²) in [5.74, 6) is -0.715. The highest BCUT2D eigenvalue weighted by atomic mass is 35.5. The largest absolute Gasteiger partial charge is 0.207 e. The number of halogens is 4. The first-order valence-electron chi connectivity index (χ1n) is 6.76. The first-order chi connectivity index (χ1) is 9.88. The van der Waals surface area contributed by atoms with Crippen LogP contribution < -0.4 is 0 Å². The molecule has 0 aliphatic heterocycles. The Hall–Kier alpha value is -1.12. The van der Waals surface area contributed by atoms with Crippen molar-refractivity contribution in [3.05, 3.63) is 69.7 Å². The van der Waals surface area contributed by atoms with Gasteiger partial charge >= 0.3 is 0 Å². The molecule has 4 heteroatoms. The summed E-state index contributed by atoms with van der Waals surface area (Å²) in [4.78, 5) is 0. The summed E-state index contributed by atoms with van der Waals surface area (Å²) in [6.07, 6.45) is 0.969. The van der Waals surface area contributed by atoms with Gasteiger partial charge in [0.05, 0.1) is 10.4 Å². The molecule has 2 aromatic carbocycles. The summed E-state index contributed by atoms with van der Waals surface area (Å²) in [5.41, 5.74) is 2.01. The topological polar surface area (TPSA) is 0 Å². The van der Waals surface area contributed by atoms with E-state index in [1.54, 1.807) is 0 Å². The highest BCUT2D eigenvalue weighted by molar-refractivity contribution is 6.30. The molecule has 0 fully saturated rings. The maximum absolute atomic E-state index is 13.9. The van der Waals surface area contributed by atoms with Crippen LogP contribution in [0.2, 0.25) is 5.02 Å². The summed E-state index contributed by atoms with van der Waals surface area (Å²) in [6, 6.07) is 9.64. The molecule has 21 heavy (non-hydrogen) atoms. The van der Waals surface area contributed by atoms with Crippen LogP contribution >= 0.6 is 23.2 Å². The van der Waals surface area contributed by atoms with E-state index in [-0.39, 0.29) is 10.6 Å². The van der Waals surface area contributed by atoms with Gasteiger partial charge < -0.3 is 0 Å². The number of hydrogen-bond acceptors (Lipinski definition) is 0. The maximum Gasteiger partial charge on any atom is 0.142 e. The lowest BCUT2D eigenvalue weighted by molar-refractivity contribution is 0.587. The van der Waals surface area contributed by atoms with Gasteiger partial charge in [-0.25, -0.2) is 8.78 Å². The molecule has 0 saturated carbocycles. The van der Waals surface area contributed by atoms with E-state index in [0.717, 1.165) is 24.1 Å². The molecule has 0 spiro atoms. The average molecular weight is 329 g/mol.